The van der Waals surface area contributed by atoms with Crippen molar-refractivity contribution in [1.29, 1.82) is 0 Å². The Hall–Kier alpha value is -2.50. The van der Waals surface area contributed by atoms with Gasteiger partial charge in [0, 0.05) is 18.0 Å². The number of carbonyl (C=O) groups is 1. The molecule has 0 fully saturated rings. The summed E-state index contributed by atoms with van der Waals surface area (Å²) >= 11 is 1.42. The average Bonchev–Trinajstić information content (AvgIpc) is 2.61. The molecule has 0 aliphatic rings. The van der Waals surface area contributed by atoms with E-state index in [9.17, 15) is 27.7 Å². The van der Waals surface area contributed by atoms with Gasteiger partial charge in [-0.3, -0.25) is 14.9 Å². The lowest BCUT2D eigenvalue weighted by atomic mass is 10.3. The summed E-state index contributed by atoms with van der Waals surface area (Å²) in [5, 5.41) is 13.4. The Balaban J connectivity index is 2.19. The number of hydrogen-bond acceptors (Lipinski definition) is 6. The number of halogens is 1. The number of amides is 1. The highest BCUT2D eigenvalue weighted by molar-refractivity contribution is 7.98. The molecular weight excluding hydrogens is 397 g/mol. The highest BCUT2D eigenvalue weighted by Crippen LogP contribution is 2.25. The Morgan fingerprint density at radius 1 is 1.30 bits per heavy atom. The topological polar surface area (TPSA) is 110 Å². The van der Waals surface area contributed by atoms with E-state index < -0.39 is 43.8 Å². The highest BCUT2D eigenvalue weighted by Gasteiger charge is 2.26. The van der Waals surface area contributed by atoms with Gasteiger partial charge in [-0.1, -0.05) is 12.1 Å². The number of nitro benzene ring substituents is 1. The van der Waals surface area contributed by atoms with E-state index >= 15 is 0 Å². The van der Waals surface area contributed by atoms with E-state index in [4.69, 9.17) is 0 Å². The van der Waals surface area contributed by atoms with Crippen LogP contribution in [-0.4, -0.2) is 43.4 Å². The minimum absolute atomic E-state index is 0.476. The number of thioether (sulfide) groups is 1. The second-order valence-corrected chi connectivity index (χ2v) is 8.27. The van der Waals surface area contributed by atoms with E-state index in [1.807, 2.05) is 6.26 Å². The van der Waals surface area contributed by atoms with Crippen LogP contribution in [0, 0.1) is 15.9 Å². The SMILES string of the molecule is CSc1ccccc1NC(=O)CN(C)S(=O)(=O)c1ccc(F)c([N+](=O)[O-])c1. The summed E-state index contributed by atoms with van der Waals surface area (Å²) in [7, 11) is -3.06. The summed E-state index contributed by atoms with van der Waals surface area (Å²) in [5.74, 6) is -1.73. The van der Waals surface area contributed by atoms with Crippen LogP contribution >= 0.6 is 11.8 Å². The van der Waals surface area contributed by atoms with Crippen LogP contribution in [0.25, 0.3) is 0 Å². The zero-order valence-corrected chi connectivity index (χ0v) is 16.0. The van der Waals surface area contributed by atoms with Crippen molar-refractivity contribution in [3.05, 3.63) is 58.4 Å². The fourth-order valence-corrected chi connectivity index (χ4v) is 3.90. The number of nitrogens with one attached hydrogen (secondary N) is 1. The summed E-state index contributed by atoms with van der Waals surface area (Å²) in [6.45, 7) is -0.518. The van der Waals surface area contributed by atoms with Crippen molar-refractivity contribution in [2.45, 2.75) is 9.79 Å². The molecule has 2 aromatic rings. The minimum Gasteiger partial charge on any atom is -0.324 e. The first kappa shape index (κ1) is 20.8. The highest BCUT2D eigenvalue weighted by atomic mass is 32.2. The molecule has 27 heavy (non-hydrogen) atoms. The zero-order chi connectivity index (χ0) is 20.2. The van der Waals surface area contributed by atoms with E-state index in [1.165, 1.54) is 11.8 Å². The zero-order valence-electron chi connectivity index (χ0n) is 14.4. The van der Waals surface area contributed by atoms with Crippen LogP contribution < -0.4 is 5.32 Å². The molecule has 0 atom stereocenters. The van der Waals surface area contributed by atoms with Gasteiger partial charge in [0.05, 0.1) is 22.1 Å². The van der Waals surface area contributed by atoms with Gasteiger partial charge in [-0.15, -0.1) is 11.8 Å². The molecule has 0 unspecified atom stereocenters. The van der Waals surface area contributed by atoms with Gasteiger partial charge in [-0.2, -0.15) is 8.70 Å². The number of anilines is 1. The average molecular weight is 413 g/mol. The molecule has 2 rings (SSSR count). The molecule has 8 nitrogen and oxygen atoms in total. The predicted octanol–water partition coefficient (Wildman–Crippen LogP) is 2.72. The number of carbonyl (C=O) groups excluding carboxylic acids is 1. The standard InChI is InChI=1S/C16H16FN3O5S2/c1-19(10-16(21)18-13-5-3-4-6-15(13)26-2)27(24,25)11-7-8-12(17)14(9-11)20(22)23/h3-9H,10H2,1-2H3,(H,18,21). The van der Waals surface area contributed by atoms with Crippen molar-refractivity contribution in [1.82, 2.24) is 4.31 Å². The van der Waals surface area contributed by atoms with E-state index in [0.717, 1.165) is 22.3 Å². The van der Waals surface area contributed by atoms with Crippen molar-refractivity contribution in [2.24, 2.45) is 0 Å². The van der Waals surface area contributed by atoms with E-state index in [1.54, 1.807) is 24.3 Å². The van der Waals surface area contributed by atoms with Gasteiger partial charge in [0.25, 0.3) is 0 Å². The van der Waals surface area contributed by atoms with Crippen molar-refractivity contribution >= 4 is 39.1 Å². The number of nitro groups is 1. The molecule has 2 aromatic carbocycles. The lowest BCUT2D eigenvalue weighted by molar-refractivity contribution is -0.387. The quantitative estimate of drug-likeness (QED) is 0.425. The molecular formula is C16H16FN3O5S2. The monoisotopic (exact) mass is 413 g/mol. The Kier molecular flexibility index (Phi) is 6.52. The molecule has 0 aromatic heterocycles. The molecule has 0 spiro atoms. The van der Waals surface area contributed by atoms with Crippen LogP contribution in [0.5, 0.6) is 0 Å². The maximum absolute atomic E-state index is 13.4. The van der Waals surface area contributed by atoms with Gasteiger partial charge in [-0.05, 0) is 30.5 Å². The molecule has 0 radical (unpaired) electrons. The van der Waals surface area contributed by atoms with Crippen molar-refractivity contribution in [3.63, 3.8) is 0 Å². The Labute approximate surface area is 159 Å². The second-order valence-electron chi connectivity index (χ2n) is 5.38. The molecule has 11 heteroatoms. The largest absolute Gasteiger partial charge is 0.324 e. The molecule has 0 saturated heterocycles. The van der Waals surface area contributed by atoms with Gasteiger partial charge < -0.3 is 5.32 Å². The number of benzene rings is 2. The second kappa shape index (κ2) is 8.46. The number of likely N-dealkylation sites (N-methyl/N-ethyl adjacent to an activating group) is 1. The maximum atomic E-state index is 13.4. The number of hydrogen-bond donors (Lipinski definition) is 1. The lowest BCUT2D eigenvalue weighted by Gasteiger charge is -2.17. The summed E-state index contributed by atoms with van der Waals surface area (Å²) in [6.07, 6.45) is 1.84. The summed E-state index contributed by atoms with van der Waals surface area (Å²) in [6, 6.07) is 9.26. The molecule has 144 valence electrons. The van der Waals surface area contributed by atoms with Gasteiger partial charge in [0.2, 0.25) is 21.7 Å². The Morgan fingerprint density at radius 2 is 1.96 bits per heavy atom. The maximum Gasteiger partial charge on any atom is 0.306 e. The predicted molar refractivity (Wildman–Crippen MR) is 99.7 cm³/mol. The Morgan fingerprint density at radius 3 is 2.59 bits per heavy atom. The van der Waals surface area contributed by atoms with Crippen LogP contribution in [0.3, 0.4) is 0 Å². The smallest absolute Gasteiger partial charge is 0.306 e. The van der Waals surface area contributed by atoms with E-state index in [-0.39, 0.29) is 0 Å². The third-order valence-corrected chi connectivity index (χ3v) is 6.17. The van der Waals surface area contributed by atoms with Crippen LogP contribution in [-0.2, 0) is 14.8 Å². The van der Waals surface area contributed by atoms with Crippen LogP contribution in [0.4, 0.5) is 15.8 Å². The van der Waals surface area contributed by atoms with E-state index in [2.05, 4.69) is 5.32 Å². The number of para-hydroxylation sites is 1. The summed E-state index contributed by atoms with van der Waals surface area (Å²) < 4.78 is 39.2. The van der Waals surface area contributed by atoms with Gasteiger partial charge in [0.15, 0.2) is 0 Å². The first-order chi connectivity index (χ1) is 12.7. The van der Waals surface area contributed by atoms with Gasteiger partial charge in [0.1, 0.15) is 0 Å². The number of rotatable bonds is 7. The van der Waals surface area contributed by atoms with Crippen LogP contribution in [0.1, 0.15) is 0 Å². The molecule has 0 heterocycles. The molecule has 0 saturated carbocycles. The normalized spacial score (nSPS) is 11.4. The Bertz CT molecular complexity index is 982. The molecule has 1 amide bonds. The molecule has 0 aliphatic carbocycles. The third kappa shape index (κ3) is 4.81. The molecule has 0 aliphatic heterocycles. The van der Waals surface area contributed by atoms with E-state index in [0.29, 0.717) is 17.8 Å². The van der Waals surface area contributed by atoms with Crippen molar-refractivity contribution in [3.8, 4) is 0 Å². The van der Waals surface area contributed by atoms with Gasteiger partial charge in [-0.25, -0.2) is 8.42 Å². The third-order valence-electron chi connectivity index (χ3n) is 3.57. The van der Waals surface area contributed by atoms with Gasteiger partial charge >= 0.3 is 5.69 Å². The van der Waals surface area contributed by atoms with Crippen LogP contribution in [0.2, 0.25) is 0 Å². The minimum atomic E-state index is -4.22. The van der Waals surface area contributed by atoms with Crippen molar-refractivity contribution < 1.29 is 22.5 Å². The molecule has 0 bridgehead atoms. The first-order valence-electron chi connectivity index (χ1n) is 7.50. The summed E-state index contributed by atoms with van der Waals surface area (Å²) in [5.41, 5.74) is -0.416. The van der Waals surface area contributed by atoms with Crippen LogP contribution in [0.15, 0.2) is 52.3 Å². The fraction of sp³-hybridized carbons (Fsp3) is 0.188. The fourth-order valence-electron chi connectivity index (χ4n) is 2.20. The number of sulfonamides is 1. The summed E-state index contributed by atoms with van der Waals surface area (Å²) in [4.78, 5) is 22.3. The first-order valence-corrected chi connectivity index (χ1v) is 10.2. The van der Waals surface area contributed by atoms with Crippen molar-refractivity contribution in [2.75, 3.05) is 25.2 Å². The lowest BCUT2D eigenvalue weighted by Crippen LogP contribution is -2.35. The number of nitrogens with zero attached hydrogens (tertiary/aromatic N) is 2. The molecule has 1 N–H and O–H groups in total.